The first-order valence-corrected chi connectivity index (χ1v) is 5.15. The third kappa shape index (κ3) is 2.91. The van der Waals surface area contributed by atoms with Crippen molar-refractivity contribution in [1.82, 2.24) is 0 Å². The van der Waals surface area contributed by atoms with Gasteiger partial charge in [0.1, 0.15) is 5.75 Å². The number of halogens is 1. The van der Waals surface area contributed by atoms with Crippen molar-refractivity contribution < 1.29 is 4.74 Å². The smallest absolute Gasteiger partial charge is 0.123 e. The fourth-order valence-electron chi connectivity index (χ4n) is 1.25. The molecule has 0 atom stereocenters. The minimum Gasteiger partial charge on any atom is -0.491 e. The molecule has 1 nitrogen and oxygen atoms in total. The second kappa shape index (κ2) is 4.70. The summed E-state index contributed by atoms with van der Waals surface area (Å²) in [6.07, 6.45) is 0.189. The number of ether oxygens (including phenoxy) is 1. The molecule has 0 unspecified atom stereocenters. The van der Waals surface area contributed by atoms with Crippen LogP contribution in [0.1, 0.15) is 33.3 Å². The third-order valence-corrected chi connectivity index (χ3v) is 2.08. The number of rotatable bonds is 3. The Labute approximate surface area is 91.0 Å². The summed E-state index contributed by atoms with van der Waals surface area (Å²) in [7, 11) is 0. The lowest BCUT2D eigenvalue weighted by molar-refractivity contribution is 0.240. The van der Waals surface area contributed by atoms with Gasteiger partial charge in [0.15, 0.2) is 0 Å². The lowest BCUT2D eigenvalue weighted by Crippen LogP contribution is -2.08. The van der Waals surface area contributed by atoms with Gasteiger partial charge >= 0.3 is 0 Å². The lowest BCUT2D eigenvalue weighted by Gasteiger charge is -2.16. The molecule has 2 heteroatoms. The highest BCUT2D eigenvalue weighted by molar-refractivity contribution is 6.30. The summed E-state index contributed by atoms with van der Waals surface area (Å²) in [5.74, 6) is 2.12. The molecule has 1 aromatic rings. The highest BCUT2D eigenvalue weighted by Crippen LogP contribution is 2.29. The van der Waals surface area contributed by atoms with Gasteiger partial charge in [-0.15, -0.1) is 0 Å². The van der Waals surface area contributed by atoms with Gasteiger partial charge < -0.3 is 4.74 Å². The van der Waals surface area contributed by atoms with Crippen molar-refractivity contribution in [1.29, 1.82) is 0 Å². The zero-order valence-corrected chi connectivity index (χ0v) is 9.85. The van der Waals surface area contributed by atoms with Crippen molar-refractivity contribution in [3.8, 4) is 5.75 Å². The van der Waals surface area contributed by atoms with Gasteiger partial charge in [0.25, 0.3) is 0 Å². The zero-order valence-electron chi connectivity index (χ0n) is 9.10. The van der Waals surface area contributed by atoms with Crippen LogP contribution in [0.2, 0.25) is 5.02 Å². The van der Waals surface area contributed by atoms with Gasteiger partial charge in [0.2, 0.25) is 0 Å². The molecule has 1 rings (SSSR count). The summed E-state index contributed by atoms with van der Waals surface area (Å²) in [5, 5.41) is 0.748. The first kappa shape index (κ1) is 11.4. The minimum absolute atomic E-state index is 0.189. The molecule has 1 radical (unpaired) electrons. The molecule has 0 N–H and O–H groups in total. The summed E-state index contributed by atoms with van der Waals surface area (Å²) in [4.78, 5) is 0. The van der Waals surface area contributed by atoms with E-state index in [-0.39, 0.29) is 6.10 Å². The van der Waals surface area contributed by atoms with Crippen molar-refractivity contribution in [3.63, 3.8) is 0 Å². The van der Waals surface area contributed by atoms with Gasteiger partial charge in [-0.3, -0.25) is 0 Å². The van der Waals surface area contributed by atoms with Crippen LogP contribution in [0.5, 0.6) is 5.75 Å². The summed E-state index contributed by atoms with van der Waals surface area (Å²) in [5.41, 5.74) is 1.09. The Balaban J connectivity index is 3.02. The van der Waals surface area contributed by atoms with Crippen molar-refractivity contribution in [2.75, 3.05) is 0 Å². The van der Waals surface area contributed by atoms with Gasteiger partial charge in [0.05, 0.1) is 6.10 Å². The van der Waals surface area contributed by atoms with E-state index in [0.29, 0.717) is 0 Å². The van der Waals surface area contributed by atoms with Crippen LogP contribution in [0.15, 0.2) is 18.2 Å². The van der Waals surface area contributed by atoms with Crippen LogP contribution in [-0.2, 0) is 0 Å². The van der Waals surface area contributed by atoms with Crippen LogP contribution >= 0.6 is 11.6 Å². The second-order valence-corrected chi connectivity index (χ2v) is 4.24. The molecule has 1 aromatic carbocycles. The van der Waals surface area contributed by atoms with Crippen molar-refractivity contribution in [3.05, 3.63) is 34.7 Å². The van der Waals surface area contributed by atoms with Crippen molar-refractivity contribution in [2.24, 2.45) is 0 Å². The predicted octanol–water partition coefficient (Wildman–Crippen LogP) is 4.09. The molecule has 0 aliphatic heterocycles. The Bertz CT molecular complexity index is 305. The summed E-state index contributed by atoms with van der Waals surface area (Å²) >= 11 is 5.93. The second-order valence-electron chi connectivity index (χ2n) is 3.81. The molecule has 0 saturated carbocycles. The van der Waals surface area contributed by atoms with Crippen LogP contribution in [0.4, 0.5) is 0 Å². The fraction of sp³-hybridized carbons (Fsp3) is 0.417. The van der Waals surface area contributed by atoms with E-state index in [0.717, 1.165) is 16.3 Å². The van der Waals surface area contributed by atoms with E-state index in [4.69, 9.17) is 16.3 Å². The van der Waals surface area contributed by atoms with Crippen molar-refractivity contribution in [2.45, 2.75) is 33.8 Å². The first-order chi connectivity index (χ1) is 6.50. The molecule has 0 heterocycles. The van der Waals surface area contributed by atoms with E-state index in [1.807, 2.05) is 32.0 Å². The maximum Gasteiger partial charge on any atom is 0.123 e. The normalized spacial score (nSPS) is 11.1. The topological polar surface area (TPSA) is 9.23 Å². The van der Waals surface area contributed by atoms with Gasteiger partial charge in [-0.2, -0.15) is 0 Å². The summed E-state index contributed by atoms with van der Waals surface area (Å²) < 4.78 is 5.68. The van der Waals surface area contributed by atoms with E-state index in [2.05, 4.69) is 13.8 Å². The molecule has 0 aromatic heterocycles. The molecular weight excluding hydrogens is 196 g/mol. The maximum atomic E-state index is 5.93. The first-order valence-electron chi connectivity index (χ1n) is 4.77. The lowest BCUT2D eigenvalue weighted by atomic mass is 10.0. The summed E-state index contributed by atoms with van der Waals surface area (Å²) in [6, 6.07) is 5.71. The Morgan fingerprint density at radius 3 is 2.43 bits per heavy atom. The standard InChI is InChI=1S/C12H16ClO/c1-8(2)11-7-10(13)5-6-12(11)14-9(3)4/h5-7,9H,1-4H3. The highest BCUT2D eigenvalue weighted by atomic mass is 35.5. The summed E-state index contributed by atoms with van der Waals surface area (Å²) in [6.45, 7) is 8.14. The van der Waals surface area contributed by atoms with E-state index in [1.54, 1.807) is 0 Å². The molecule has 0 aliphatic carbocycles. The zero-order chi connectivity index (χ0) is 10.7. The number of hydrogen-bond acceptors (Lipinski definition) is 1. The quantitative estimate of drug-likeness (QED) is 0.732. The largest absolute Gasteiger partial charge is 0.491 e. The maximum absolute atomic E-state index is 5.93. The molecule has 0 aliphatic rings. The van der Waals surface area contributed by atoms with Gasteiger partial charge in [-0.1, -0.05) is 25.4 Å². The van der Waals surface area contributed by atoms with Crippen molar-refractivity contribution >= 4 is 11.6 Å². The molecule has 0 bridgehead atoms. The number of benzene rings is 1. The average Bonchev–Trinajstić information content (AvgIpc) is 2.07. The molecular formula is C12H16ClO. The van der Waals surface area contributed by atoms with Gasteiger partial charge in [-0.05, 0) is 32.0 Å². The van der Waals surface area contributed by atoms with Crippen LogP contribution in [0, 0.1) is 5.92 Å². The average molecular weight is 212 g/mol. The Hall–Kier alpha value is -0.690. The van der Waals surface area contributed by atoms with Crippen LogP contribution in [-0.4, -0.2) is 6.10 Å². The molecule has 0 spiro atoms. The molecule has 14 heavy (non-hydrogen) atoms. The van der Waals surface area contributed by atoms with Crippen LogP contribution in [0.25, 0.3) is 0 Å². The molecule has 0 saturated heterocycles. The van der Waals surface area contributed by atoms with E-state index in [9.17, 15) is 0 Å². The Morgan fingerprint density at radius 2 is 1.93 bits per heavy atom. The fourth-order valence-corrected chi connectivity index (χ4v) is 1.42. The van der Waals surface area contributed by atoms with E-state index >= 15 is 0 Å². The van der Waals surface area contributed by atoms with Crippen LogP contribution < -0.4 is 4.74 Å². The predicted molar refractivity (Wildman–Crippen MR) is 60.9 cm³/mol. The Morgan fingerprint density at radius 1 is 1.29 bits per heavy atom. The minimum atomic E-state index is 0.189. The molecule has 0 amide bonds. The van der Waals surface area contributed by atoms with Crippen LogP contribution in [0.3, 0.4) is 0 Å². The Kier molecular flexibility index (Phi) is 3.82. The highest BCUT2D eigenvalue weighted by Gasteiger charge is 2.09. The van der Waals surface area contributed by atoms with Gasteiger partial charge in [-0.25, -0.2) is 0 Å². The number of hydrogen-bond donors (Lipinski definition) is 0. The molecule has 77 valence electrons. The monoisotopic (exact) mass is 211 g/mol. The molecule has 0 fully saturated rings. The van der Waals surface area contributed by atoms with E-state index < -0.39 is 0 Å². The third-order valence-electron chi connectivity index (χ3n) is 1.84. The van der Waals surface area contributed by atoms with Gasteiger partial charge in [0, 0.05) is 16.5 Å². The SMILES string of the molecule is C[C](C)c1cc(Cl)ccc1OC(C)C. The van der Waals surface area contributed by atoms with E-state index in [1.165, 1.54) is 5.92 Å².